The number of hydrogen-bond donors (Lipinski definition) is 1. The van der Waals surface area contributed by atoms with Gasteiger partial charge >= 0.3 is 5.97 Å². The predicted molar refractivity (Wildman–Crippen MR) is 81.3 cm³/mol. The summed E-state index contributed by atoms with van der Waals surface area (Å²) in [7, 11) is 1.50. The maximum atomic E-state index is 13.5. The second-order valence-electron chi connectivity index (χ2n) is 4.97. The SMILES string of the molecule is CN(Cc1ccccc1F)C(=O)COC(=O)c1cccc(O)c1. The lowest BCUT2D eigenvalue weighted by Crippen LogP contribution is -2.31. The van der Waals surface area contributed by atoms with Gasteiger partial charge in [0.1, 0.15) is 11.6 Å². The summed E-state index contributed by atoms with van der Waals surface area (Å²) in [5.41, 5.74) is 0.525. The van der Waals surface area contributed by atoms with Gasteiger partial charge in [0.2, 0.25) is 0 Å². The van der Waals surface area contributed by atoms with Crippen LogP contribution in [0, 0.1) is 5.82 Å². The Hall–Kier alpha value is -2.89. The van der Waals surface area contributed by atoms with Gasteiger partial charge in [0.25, 0.3) is 5.91 Å². The lowest BCUT2D eigenvalue weighted by Gasteiger charge is -2.17. The van der Waals surface area contributed by atoms with Gasteiger partial charge in [0.15, 0.2) is 6.61 Å². The fraction of sp³-hybridized carbons (Fsp3) is 0.176. The molecule has 0 unspecified atom stereocenters. The Labute approximate surface area is 132 Å². The number of aromatic hydroxyl groups is 1. The highest BCUT2D eigenvalue weighted by atomic mass is 19.1. The first-order chi connectivity index (χ1) is 11.0. The molecule has 0 aliphatic carbocycles. The molecule has 0 heterocycles. The zero-order chi connectivity index (χ0) is 16.8. The minimum atomic E-state index is -0.714. The summed E-state index contributed by atoms with van der Waals surface area (Å²) in [4.78, 5) is 25.0. The summed E-state index contributed by atoms with van der Waals surface area (Å²) >= 11 is 0. The van der Waals surface area contributed by atoms with E-state index in [4.69, 9.17) is 4.74 Å². The van der Waals surface area contributed by atoms with Gasteiger partial charge in [-0.3, -0.25) is 4.79 Å². The van der Waals surface area contributed by atoms with Crippen molar-refractivity contribution in [1.82, 2.24) is 4.90 Å². The van der Waals surface area contributed by atoms with Gasteiger partial charge in [0, 0.05) is 19.2 Å². The average Bonchev–Trinajstić information content (AvgIpc) is 2.54. The molecule has 0 fully saturated rings. The van der Waals surface area contributed by atoms with E-state index in [1.165, 1.54) is 42.3 Å². The topological polar surface area (TPSA) is 66.8 Å². The zero-order valence-electron chi connectivity index (χ0n) is 12.5. The molecule has 1 amide bonds. The van der Waals surface area contributed by atoms with Crippen molar-refractivity contribution >= 4 is 11.9 Å². The van der Waals surface area contributed by atoms with E-state index in [1.807, 2.05) is 0 Å². The first kappa shape index (κ1) is 16.5. The van der Waals surface area contributed by atoms with Crippen LogP contribution in [0.3, 0.4) is 0 Å². The van der Waals surface area contributed by atoms with Crippen molar-refractivity contribution in [3.05, 3.63) is 65.5 Å². The summed E-state index contributed by atoms with van der Waals surface area (Å²) in [6.07, 6.45) is 0. The number of ether oxygens (including phenoxy) is 1. The molecule has 0 bridgehead atoms. The van der Waals surface area contributed by atoms with Crippen molar-refractivity contribution in [2.24, 2.45) is 0 Å². The first-order valence-electron chi connectivity index (χ1n) is 6.91. The fourth-order valence-electron chi connectivity index (χ4n) is 1.92. The van der Waals surface area contributed by atoms with Crippen LogP contribution < -0.4 is 0 Å². The van der Waals surface area contributed by atoms with Crippen LogP contribution >= 0.6 is 0 Å². The minimum absolute atomic E-state index is 0.0672. The standard InChI is InChI=1S/C17H16FNO4/c1-19(10-13-5-2-3-8-15(13)18)16(21)11-23-17(22)12-6-4-7-14(20)9-12/h2-9,20H,10-11H2,1H3. The van der Waals surface area contributed by atoms with Crippen LogP contribution in [-0.4, -0.2) is 35.5 Å². The van der Waals surface area contributed by atoms with Gasteiger partial charge in [-0.15, -0.1) is 0 Å². The summed E-state index contributed by atoms with van der Waals surface area (Å²) < 4.78 is 18.4. The number of esters is 1. The van der Waals surface area contributed by atoms with Crippen LogP contribution in [0.4, 0.5) is 4.39 Å². The van der Waals surface area contributed by atoms with E-state index in [-0.39, 0.29) is 17.9 Å². The molecular weight excluding hydrogens is 301 g/mol. The molecule has 120 valence electrons. The normalized spacial score (nSPS) is 10.2. The number of nitrogens with zero attached hydrogens (tertiary/aromatic N) is 1. The third kappa shape index (κ3) is 4.54. The summed E-state index contributed by atoms with van der Waals surface area (Å²) in [5.74, 6) is -1.64. The van der Waals surface area contributed by atoms with Gasteiger partial charge in [-0.2, -0.15) is 0 Å². The molecule has 0 aliphatic rings. The second-order valence-corrected chi connectivity index (χ2v) is 4.97. The smallest absolute Gasteiger partial charge is 0.338 e. The first-order valence-corrected chi connectivity index (χ1v) is 6.91. The van der Waals surface area contributed by atoms with Crippen LogP contribution in [0.15, 0.2) is 48.5 Å². The van der Waals surface area contributed by atoms with E-state index in [0.717, 1.165) is 0 Å². The number of carbonyl (C=O) groups excluding carboxylic acids is 2. The molecule has 0 radical (unpaired) electrons. The Morgan fingerprint density at radius 1 is 1.17 bits per heavy atom. The minimum Gasteiger partial charge on any atom is -0.508 e. The number of phenolic OH excluding ortho intramolecular Hbond substituents is 1. The summed E-state index contributed by atoms with van der Waals surface area (Å²) in [6, 6.07) is 11.8. The van der Waals surface area contributed by atoms with Crippen LogP contribution in [0.25, 0.3) is 0 Å². The molecule has 2 rings (SSSR count). The lowest BCUT2D eigenvalue weighted by molar-refractivity contribution is -0.133. The number of amides is 1. The van der Waals surface area contributed by atoms with Gasteiger partial charge in [-0.05, 0) is 24.3 Å². The number of rotatable bonds is 5. The Bertz CT molecular complexity index is 717. The lowest BCUT2D eigenvalue weighted by atomic mass is 10.2. The molecule has 0 spiro atoms. The molecule has 0 aromatic heterocycles. The monoisotopic (exact) mass is 317 g/mol. The van der Waals surface area contributed by atoms with Gasteiger partial charge in [0.05, 0.1) is 5.56 Å². The van der Waals surface area contributed by atoms with Crippen LogP contribution in [-0.2, 0) is 16.1 Å². The third-order valence-electron chi connectivity index (χ3n) is 3.20. The van der Waals surface area contributed by atoms with Crippen LogP contribution in [0.2, 0.25) is 0 Å². The molecule has 0 aliphatic heterocycles. The molecule has 5 nitrogen and oxygen atoms in total. The third-order valence-corrected chi connectivity index (χ3v) is 3.20. The van der Waals surface area contributed by atoms with Crippen molar-refractivity contribution < 1.29 is 23.8 Å². The summed E-state index contributed by atoms with van der Waals surface area (Å²) in [6.45, 7) is -0.380. The van der Waals surface area contributed by atoms with Crippen molar-refractivity contribution in [2.75, 3.05) is 13.7 Å². The van der Waals surface area contributed by atoms with Crippen molar-refractivity contribution in [3.63, 3.8) is 0 Å². The Morgan fingerprint density at radius 3 is 2.61 bits per heavy atom. The maximum absolute atomic E-state index is 13.5. The van der Waals surface area contributed by atoms with Crippen LogP contribution in [0.1, 0.15) is 15.9 Å². The number of phenols is 1. The zero-order valence-corrected chi connectivity index (χ0v) is 12.5. The quantitative estimate of drug-likeness (QED) is 0.860. The van der Waals surface area contributed by atoms with Gasteiger partial charge in [-0.1, -0.05) is 24.3 Å². The van der Waals surface area contributed by atoms with Crippen molar-refractivity contribution in [3.8, 4) is 5.75 Å². The molecule has 1 N–H and O–H groups in total. The van der Waals surface area contributed by atoms with E-state index in [1.54, 1.807) is 18.2 Å². The number of carbonyl (C=O) groups is 2. The fourth-order valence-corrected chi connectivity index (χ4v) is 1.92. The number of halogens is 1. The number of hydrogen-bond acceptors (Lipinski definition) is 4. The van der Waals surface area contributed by atoms with E-state index < -0.39 is 24.3 Å². The average molecular weight is 317 g/mol. The summed E-state index contributed by atoms with van der Waals surface area (Å²) in [5, 5.41) is 9.30. The molecule has 0 saturated carbocycles. The van der Waals surface area contributed by atoms with Gasteiger partial charge in [-0.25, -0.2) is 9.18 Å². The van der Waals surface area contributed by atoms with E-state index >= 15 is 0 Å². The highest BCUT2D eigenvalue weighted by Gasteiger charge is 2.15. The molecule has 2 aromatic rings. The molecule has 0 saturated heterocycles. The van der Waals surface area contributed by atoms with Crippen molar-refractivity contribution in [1.29, 1.82) is 0 Å². The van der Waals surface area contributed by atoms with E-state index in [0.29, 0.717) is 5.56 Å². The number of benzene rings is 2. The molecule has 2 aromatic carbocycles. The Kier molecular flexibility index (Phi) is 5.30. The molecule has 6 heteroatoms. The molecule has 0 atom stereocenters. The highest BCUT2D eigenvalue weighted by Crippen LogP contribution is 2.12. The Balaban J connectivity index is 1.89. The number of likely N-dealkylation sites (N-methyl/N-ethyl adjacent to an activating group) is 1. The van der Waals surface area contributed by atoms with Crippen LogP contribution in [0.5, 0.6) is 5.75 Å². The van der Waals surface area contributed by atoms with E-state index in [2.05, 4.69) is 0 Å². The Morgan fingerprint density at radius 2 is 1.91 bits per heavy atom. The highest BCUT2D eigenvalue weighted by molar-refractivity contribution is 5.91. The van der Waals surface area contributed by atoms with E-state index in [9.17, 15) is 19.1 Å². The maximum Gasteiger partial charge on any atom is 0.338 e. The largest absolute Gasteiger partial charge is 0.508 e. The van der Waals surface area contributed by atoms with Gasteiger partial charge < -0.3 is 14.7 Å². The molecular formula is C17H16FNO4. The molecule has 23 heavy (non-hydrogen) atoms. The predicted octanol–water partition coefficient (Wildman–Crippen LogP) is 2.35. The van der Waals surface area contributed by atoms with Crippen molar-refractivity contribution in [2.45, 2.75) is 6.54 Å². The second kappa shape index (κ2) is 7.40.